The second-order valence-corrected chi connectivity index (χ2v) is 5.89. The zero-order valence-electron chi connectivity index (χ0n) is 13.7. The molecule has 1 saturated heterocycles. The minimum Gasteiger partial charge on any atom is -0.340 e. The number of nitrogens with zero attached hydrogens (tertiary/aromatic N) is 5. The first-order valence-electron chi connectivity index (χ1n) is 8.00. The van der Waals surface area contributed by atoms with Crippen LogP contribution in [0.2, 0.25) is 0 Å². The molecule has 0 radical (unpaired) electrons. The summed E-state index contributed by atoms with van der Waals surface area (Å²) in [6.45, 7) is 6.96. The van der Waals surface area contributed by atoms with Crippen LogP contribution >= 0.6 is 0 Å². The molecule has 122 valence electrons. The lowest BCUT2D eigenvalue weighted by atomic mass is 9.96. The van der Waals surface area contributed by atoms with Gasteiger partial charge in [0.2, 0.25) is 5.89 Å². The van der Waals surface area contributed by atoms with Crippen molar-refractivity contribution in [3.63, 3.8) is 0 Å². The summed E-state index contributed by atoms with van der Waals surface area (Å²) >= 11 is 0. The van der Waals surface area contributed by atoms with Crippen LogP contribution in [0.5, 0.6) is 0 Å². The summed E-state index contributed by atoms with van der Waals surface area (Å²) in [7, 11) is 0. The van der Waals surface area contributed by atoms with Crippen molar-refractivity contribution < 1.29 is 9.32 Å². The quantitative estimate of drug-likeness (QED) is 0.862. The van der Waals surface area contributed by atoms with Crippen molar-refractivity contribution in [2.75, 3.05) is 13.1 Å². The molecule has 2 aromatic rings. The molecule has 1 atom stereocenters. The van der Waals surface area contributed by atoms with E-state index >= 15 is 0 Å². The largest absolute Gasteiger partial charge is 0.340 e. The average molecular weight is 315 g/mol. The summed E-state index contributed by atoms with van der Waals surface area (Å²) in [6.07, 6.45) is 4.25. The Morgan fingerprint density at radius 3 is 2.91 bits per heavy atom. The average Bonchev–Trinajstić information content (AvgIpc) is 3.01. The topological polar surface area (TPSA) is 85.0 Å². The van der Waals surface area contributed by atoms with Crippen LogP contribution in [0.3, 0.4) is 0 Å². The van der Waals surface area contributed by atoms with Gasteiger partial charge in [0, 0.05) is 32.1 Å². The highest BCUT2D eigenvalue weighted by Crippen LogP contribution is 2.26. The molecule has 1 aliphatic rings. The Bertz CT molecular complexity index is 712. The molecular formula is C16H21N5O2. The minimum atomic E-state index is -0.00762. The van der Waals surface area contributed by atoms with Crippen molar-refractivity contribution in [3.8, 4) is 0 Å². The molecule has 0 aliphatic carbocycles. The van der Waals surface area contributed by atoms with Crippen molar-refractivity contribution in [3.05, 3.63) is 35.0 Å². The summed E-state index contributed by atoms with van der Waals surface area (Å²) in [6, 6.07) is 0. The van der Waals surface area contributed by atoms with Crippen molar-refractivity contribution in [2.45, 2.75) is 46.0 Å². The van der Waals surface area contributed by atoms with Gasteiger partial charge in [0.1, 0.15) is 5.82 Å². The minimum absolute atomic E-state index is 0.00762. The van der Waals surface area contributed by atoms with Gasteiger partial charge < -0.3 is 9.42 Å². The van der Waals surface area contributed by atoms with Crippen molar-refractivity contribution in [1.82, 2.24) is 25.0 Å². The fraction of sp³-hybridized carbons (Fsp3) is 0.562. The lowest BCUT2D eigenvalue weighted by molar-refractivity contribution is 0.0701. The van der Waals surface area contributed by atoms with Crippen LogP contribution < -0.4 is 0 Å². The van der Waals surface area contributed by atoms with E-state index in [4.69, 9.17) is 4.52 Å². The number of aryl methyl sites for hydroxylation is 3. The Hall–Kier alpha value is -2.31. The van der Waals surface area contributed by atoms with E-state index in [9.17, 15) is 4.79 Å². The van der Waals surface area contributed by atoms with Crippen LogP contribution in [0.15, 0.2) is 10.7 Å². The molecule has 0 bridgehead atoms. The summed E-state index contributed by atoms with van der Waals surface area (Å²) in [5.41, 5.74) is 1.41. The van der Waals surface area contributed by atoms with E-state index in [-0.39, 0.29) is 11.8 Å². The number of amides is 1. The molecule has 1 fully saturated rings. The van der Waals surface area contributed by atoms with Gasteiger partial charge >= 0.3 is 0 Å². The van der Waals surface area contributed by atoms with E-state index in [1.807, 2.05) is 18.7 Å². The summed E-state index contributed by atoms with van der Waals surface area (Å²) in [5.74, 6) is 2.06. The van der Waals surface area contributed by atoms with E-state index in [0.29, 0.717) is 36.1 Å². The Balaban J connectivity index is 1.79. The van der Waals surface area contributed by atoms with Gasteiger partial charge in [0.15, 0.2) is 5.82 Å². The number of rotatable bonds is 3. The number of piperidine rings is 1. The number of hydrogen-bond donors (Lipinski definition) is 0. The van der Waals surface area contributed by atoms with Crippen LogP contribution in [0, 0.1) is 13.8 Å². The summed E-state index contributed by atoms with van der Waals surface area (Å²) < 4.78 is 5.06. The van der Waals surface area contributed by atoms with Crippen LogP contribution in [0.1, 0.15) is 59.3 Å². The summed E-state index contributed by atoms with van der Waals surface area (Å²) in [4.78, 5) is 27.6. The molecule has 23 heavy (non-hydrogen) atoms. The van der Waals surface area contributed by atoms with Gasteiger partial charge in [-0.3, -0.25) is 4.79 Å². The fourth-order valence-corrected chi connectivity index (χ4v) is 2.99. The van der Waals surface area contributed by atoms with Crippen molar-refractivity contribution in [1.29, 1.82) is 0 Å². The number of hydrogen-bond acceptors (Lipinski definition) is 6. The lowest BCUT2D eigenvalue weighted by Crippen LogP contribution is -2.40. The second kappa shape index (κ2) is 6.44. The molecule has 1 amide bonds. The van der Waals surface area contributed by atoms with Crippen LogP contribution in [-0.4, -0.2) is 44.0 Å². The van der Waals surface area contributed by atoms with E-state index < -0.39 is 0 Å². The van der Waals surface area contributed by atoms with Crippen molar-refractivity contribution >= 4 is 5.91 Å². The zero-order chi connectivity index (χ0) is 16.4. The highest BCUT2D eigenvalue weighted by molar-refractivity contribution is 5.95. The number of carbonyl (C=O) groups excluding carboxylic acids is 1. The van der Waals surface area contributed by atoms with Gasteiger partial charge in [0.05, 0.1) is 11.3 Å². The fourth-order valence-electron chi connectivity index (χ4n) is 2.99. The van der Waals surface area contributed by atoms with Gasteiger partial charge in [-0.1, -0.05) is 12.1 Å². The standard InChI is InChI=1S/C16H21N5O2/c1-4-14-13(8-17-10(2)18-14)16(22)21-7-5-6-12(9-21)15-19-11(3)23-20-15/h8,12H,4-7,9H2,1-3H3/t12-/m0/s1. The van der Waals surface area contributed by atoms with Crippen molar-refractivity contribution in [2.24, 2.45) is 0 Å². The van der Waals surface area contributed by atoms with E-state index in [1.165, 1.54) is 0 Å². The normalized spacial score (nSPS) is 18.2. The smallest absolute Gasteiger partial charge is 0.257 e. The van der Waals surface area contributed by atoms with E-state index in [1.54, 1.807) is 13.1 Å². The van der Waals surface area contributed by atoms with Gasteiger partial charge in [-0.05, 0) is 26.2 Å². The van der Waals surface area contributed by atoms with Gasteiger partial charge in [-0.25, -0.2) is 9.97 Å². The third kappa shape index (κ3) is 3.23. The Morgan fingerprint density at radius 2 is 2.22 bits per heavy atom. The monoisotopic (exact) mass is 315 g/mol. The van der Waals surface area contributed by atoms with Crippen LogP contribution in [0.25, 0.3) is 0 Å². The zero-order valence-corrected chi connectivity index (χ0v) is 13.7. The third-order valence-electron chi connectivity index (χ3n) is 4.17. The molecule has 0 spiro atoms. The first-order chi connectivity index (χ1) is 11.1. The van der Waals surface area contributed by atoms with E-state index in [0.717, 1.165) is 25.1 Å². The molecule has 1 aliphatic heterocycles. The molecule has 7 heteroatoms. The number of aromatic nitrogens is 4. The second-order valence-electron chi connectivity index (χ2n) is 5.89. The Kier molecular flexibility index (Phi) is 4.36. The van der Waals surface area contributed by atoms with Crippen LogP contribution in [0.4, 0.5) is 0 Å². The number of carbonyl (C=O) groups is 1. The predicted molar refractivity (Wildman–Crippen MR) is 83.1 cm³/mol. The molecule has 0 N–H and O–H groups in total. The molecule has 2 aromatic heterocycles. The third-order valence-corrected chi connectivity index (χ3v) is 4.17. The maximum absolute atomic E-state index is 12.9. The first kappa shape index (κ1) is 15.6. The van der Waals surface area contributed by atoms with Gasteiger partial charge in [-0.15, -0.1) is 0 Å². The summed E-state index contributed by atoms with van der Waals surface area (Å²) in [5, 5.41) is 4.00. The molecule has 0 unspecified atom stereocenters. The molecule has 7 nitrogen and oxygen atoms in total. The molecule has 0 aromatic carbocycles. The van der Waals surface area contributed by atoms with Gasteiger partial charge in [-0.2, -0.15) is 4.98 Å². The number of likely N-dealkylation sites (tertiary alicyclic amines) is 1. The SMILES string of the molecule is CCc1nc(C)ncc1C(=O)N1CCC[C@H](c2noc(C)n2)C1. The molecule has 3 rings (SSSR count). The van der Waals surface area contributed by atoms with Gasteiger partial charge in [0.25, 0.3) is 5.91 Å². The predicted octanol–water partition coefficient (Wildman–Crippen LogP) is 2.06. The highest BCUT2D eigenvalue weighted by Gasteiger charge is 2.29. The van der Waals surface area contributed by atoms with Crippen LogP contribution in [-0.2, 0) is 6.42 Å². The first-order valence-corrected chi connectivity index (χ1v) is 8.00. The Morgan fingerprint density at radius 1 is 1.39 bits per heavy atom. The maximum atomic E-state index is 12.9. The van der Waals surface area contributed by atoms with E-state index in [2.05, 4.69) is 20.1 Å². The lowest BCUT2D eigenvalue weighted by Gasteiger charge is -2.31. The Labute approximate surface area is 135 Å². The molecule has 0 saturated carbocycles. The molecule has 3 heterocycles. The molecular weight excluding hydrogens is 294 g/mol. The highest BCUT2D eigenvalue weighted by atomic mass is 16.5. The maximum Gasteiger partial charge on any atom is 0.257 e.